The number of aldehydes is 1. The molecule has 0 bridgehead atoms. The van der Waals surface area contributed by atoms with E-state index in [9.17, 15) is 4.79 Å². The van der Waals surface area contributed by atoms with Gasteiger partial charge >= 0.3 is 0 Å². The molecule has 124 valence electrons. The fraction of sp³-hybridized carbons (Fsp3) is 0.133. The van der Waals surface area contributed by atoms with Crippen LogP contribution in [0.25, 0.3) is 11.4 Å². The zero-order valence-corrected chi connectivity index (χ0v) is 16.2. The summed E-state index contributed by atoms with van der Waals surface area (Å²) in [5, 5.41) is 10.7. The van der Waals surface area contributed by atoms with Crippen LogP contribution in [0, 0.1) is 0 Å². The Labute approximate surface area is 160 Å². The average Bonchev–Trinajstić information content (AvgIpc) is 3.11. The number of halogens is 3. The fourth-order valence-corrected chi connectivity index (χ4v) is 4.01. The Morgan fingerprint density at radius 1 is 1.33 bits per heavy atom. The number of benzene rings is 1. The lowest BCUT2D eigenvalue weighted by Crippen LogP contribution is -1.99. The molecule has 9 heteroatoms. The number of hydrogen-bond acceptors (Lipinski definition) is 5. The van der Waals surface area contributed by atoms with Crippen LogP contribution in [0.5, 0.6) is 0 Å². The number of nitrogens with zero attached hydrogens (tertiary/aromatic N) is 3. The van der Waals surface area contributed by atoms with Gasteiger partial charge in [-0.05, 0) is 52.8 Å². The Morgan fingerprint density at radius 3 is 2.75 bits per heavy atom. The van der Waals surface area contributed by atoms with Gasteiger partial charge in [0.2, 0.25) is 0 Å². The standard InChI is InChI=1S/C15H10BrCl2N3O2S/c1-2-21-13(10-4-3-8(17)5-12(10)18)19-20-15(21)24-14-11(16)6-9(7-22)23-14/h3-7H,2H2,1H3. The van der Waals surface area contributed by atoms with Crippen LogP contribution in [0.4, 0.5) is 0 Å². The molecule has 1 aromatic carbocycles. The zero-order chi connectivity index (χ0) is 17.3. The minimum absolute atomic E-state index is 0.243. The van der Waals surface area contributed by atoms with Gasteiger partial charge in [-0.3, -0.25) is 4.79 Å². The van der Waals surface area contributed by atoms with Crippen molar-refractivity contribution >= 4 is 57.2 Å². The Balaban J connectivity index is 2.00. The smallest absolute Gasteiger partial charge is 0.199 e. The van der Waals surface area contributed by atoms with Crippen molar-refractivity contribution in [3.05, 3.63) is 44.5 Å². The number of furan rings is 1. The second kappa shape index (κ2) is 7.31. The number of aromatic nitrogens is 3. The highest BCUT2D eigenvalue weighted by atomic mass is 79.9. The summed E-state index contributed by atoms with van der Waals surface area (Å²) in [6, 6.07) is 6.84. The molecule has 0 radical (unpaired) electrons. The van der Waals surface area contributed by atoms with E-state index in [1.165, 1.54) is 11.8 Å². The van der Waals surface area contributed by atoms with E-state index < -0.39 is 0 Å². The predicted molar refractivity (Wildman–Crippen MR) is 97.1 cm³/mol. The van der Waals surface area contributed by atoms with Crippen LogP contribution in [-0.2, 0) is 6.54 Å². The highest BCUT2D eigenvalue weighted by Crippen LogP contribution is 2.37. The molecular formula is C15H10BrCl2N3O2S. The Kier molecular flexibility index (Phi) is 5.34. The maximum Gasteiger partial charge on any atom is 0.199 e. The third-order valence-corrected chi connectivity index (χ3v) is 5.55. The molecule has 0 amide bonds. The summed E-state index contributed by atoms with van der Waals surface area (Å²) in [4.78, 5) is 10.8. The van der Waals surface area contributed by atoms with E-state index in [-0.39, 0.29) is 5.76 Å². The average molecular weight is 447 g/mol. The fourth-order valence-electron chi connectivity index (χ4n) is 2.10. The van der Waals surface area contributed by atoms with Crippen LogP contribution in [-0.4, -0.2) is 21.1 Å². The minimum Gasteiger partial charge on any atom is -0.445 e. The van der Waals surface area contributed by atoms with E-state index in [2.05, 4.69) is 26.1 Å². The first-order valence-corrected chi connectivity index (χ1v) is 9.21. The molecule has 2 heterocycles. The lowest BCUT2D eigenvalue weighted by molar-refractivity contribution is 0.109. The molecule has 0 fully saturated rings. The molecule has 0 atom stereocenters. The van der Waals surface area contributed by atoms with Crippen LogP contribution in [0.1, 0.15) is 17.5 Å². The van der Waals surface area contributed by atoms with Gasteiger partial charge in [-0.2, -0.15) is 0 Å². The number of rotatable bonds is 5. The van der Waals surface area contributed by atoms with E-state index in [4.69, 9.17) is 27.6 Å². The topological polar surface area (TPSA) is 60.9 Å². The highest BCUT2D eigenvalue weighted by molar-refractivity contribution is 9.10. The van der Waals surface area contributed by atoms with Gasteiger partial charge in [0, 0.05) is 23.2 Å². The molecule has 2 aromatic heterocycles. The summed E-state index contributed by atoms with van der Waals surface area (Å²) in [7, 11) is 0. The number of carbonyl (C=O) groups is 1. The van der Waals surface area contributed by atoms with Crippen molar-refractivity contribution < 1.29 is 9.21 Å². The third-order valence-electron chi connectivity index (χ3n) is 3.18. The molecule has 24 heavy (non-hydrogen) atoms. The van der Waals surface area contributed by atoms with Crippen LogP contribution in [0.2, 0.25) is 10.0 Å². The maximum atomic E-state index is 10.8. The normalized spacial score (nSPS) is 11.0. The van der Waals surface area contributed by atoms with Gasteiger partial charge in [-0.25, -0.2) is 0 Å². The largest absolute Gasteiger partial charge is 0.445 e. The first-order valence-electron chi connectivity index (χ1n) is 6.84. The van der Waals surface area contributed by atoms with Gasteiger partial charge in [-0.15, -0.1) is 10.2 Å². The van der Waals surface area contributed by atoms with Crippen LogP contribution in [0.3, 0.4) is 0 Å². The quantitative estimate of drug-likeness (QED) is 0.478. The summed E-state index contributed by atoms with van der Waals surface area (Å²) in [5.74, 6) is 0.882. The van der Waals surface area contributed by atoms with Crippen molar-refractivity contribution in [3.63, 3.8) is 0 Å². The summed E-state index contributed by atoms with van der Waals surface area (Å²) in [6.07, 6.45) is 0.651. The van der Waals surface area contributed by atoms with Gasteiger partial charge in [0.15, 0.2) is 28.1 Å². The molecule has 0 aliphatic rings. The van der Waals surface area contributed by atoms with Crippen LogP contribution >= 0.6 is 50.9 Å². The highest BCUT2D eigenvalue weighted by Gasteiger charge is 2.19. The predicted octanol–water partition coefficient (Wildman–Crippen LogP) is 5.59. The van der Waals surface area contributed by atoms with Crippen LogP contribution < -0.4 is 0 Å². The van der Waals surface area contributed by atoms with Crippen molar-refractivity contribution in [2.24, 2.45) is 0 Å². The second-order valence-electron chi connectivity index (χ2n) is 4.68. The van der Waals surface area contributed by atoms with Crippen molar-refractivity contribution in [1.29, 1.82) is 0 Å². The molecule has 0 unspecified atom stereocenters. The monoisotopic (exact) mass is 445 g/mol. The molecule has 5 nitrogen and oxygen atoms in total. The van der Waals surface area contributed by atoms with E-state index in [0.29, 0.717) is 43.4 Å². The third kappa shape index (κ3) is 3.39. The maximum absolute atomic E-state index is 10.8. The Morgan fingerprint density at radius 2 is 2.12 bits per heavy atom. The molecular weight excluding hydrogens is 437 g/mol. The summed E-state index contributed by atoms with van der Waals surface area (Å²) in [5.41, 5.74) is 0.745. The van der Waals surface area contributed by atoms with Crippen molar-refractivity contribution in [2.75, 3.05) is 0 Å². The minimum atomic E-state index is 0.243. The van der Waals surface area contributed by atoms with Gasteiger partial charge in [0.05, 0.1) is 9.50 Å². The molecule has 0 spiro atoms. The molecule has 0 saturated carbocycles. The summed E-state index contributed by atoms with van der Waals surface area (Å²) in [6.45, 7) is 2.62. The molecule has 0 N–H and O–H groups in total. The van der Waals surface area contributed by atoms with Gasteiger partial charge in [0.1, 0.15) is 0 Å². The van der Waals surface area contributed by atoms with E-state index in [1.807, 2.05) is 17.6 Å². The first-order chi connectivity index (χ1) is 11.5. The SMILES string of the molecule is CCn1c(Sc2oc(C=O)cc2Br)nnc1-c1ccc(Cl)cc1Cl. The summed E-state index contributed by atoms with van der Waals surface area (Å²) >= 11 is 16.9. The van der Waals surface area contributed by atoms with Crippen molar-refractivity contribution in [1.82, 2.24) is 14.8 Å². The zero-order valence-electron chi connectivity index (χ0n) is 12.3. The molecule has 0 saturated heterocycles. The second-order valence-corrected chi connectivity index (χ2v) is 7.32. The number of carbonyl (C=O) groups excluding carboxylic acids is 1. The lowest BCUT2D eigenvalue weighted by Gasteiger charge is -2.08. The molecule has 3 aromatic rings. The summed E-state index contributed by atoms with van der Waals surface area (Å²) < 4.78 is 8.04. The van der Waals surface area contributed by atoms with Gasteiger partial charge in [0.25, 0.3) is 0 Å². The van der Waals surface area contributed by atoms with Crippen molar-refractivity contribution in [2.45, 2.75) is 23.7 Å². The molecule has 0 aliphatic carbocycles. The van der Waals surface area contributed by atoms with E-state index in [1.54, 1.807) is 18.2 Å². The Hall–Kier alpha value is -1.28. The van der Waals surface area contributed by atoms with E-state index in [0.717, 1.165) is 5.56 Å². The van der Waals surface area contributed by atoms with E-state index >= 15 is 0 Å². The first kappa shape index (κ1) is 17.5. The number of hydrogen-bond donors (Lipinski definition) is 0. The molecule has 0 aliphatic heterocycles. The van der Waals surface area contributed by atoms with Crippen molar-refractivity contribution in [3.8, 4) is 11.4 Å². The van der Waals surface area contributed by atoms with Gasteiger partial charge < -0.3 is 8.98 Å². The lowest BCUT2D eigenvalue weighted by atomic mass is 10.2. The van der Waals surface area contributed by atoms with Gasteiger partial charge in [-0.1, -0.05) is 23.2 Å². The van der Waals surface area contributed by atoms with Crippen LogP contribution in [0.15, 0.2) is 43.4 Å². The Bertz CT molecular complexity index is 910. The molecule has 3 rings (SSSR count).